The fourth-order valence-electron chi connectivity index (χ4n) is 1.96. The molecule has 0 saturated carbocycles. The van der Waals surface area contributed by atoms with Crippen LogP contribution >= 0.6 is 0 Å². The molecule has 94 valence electrons. The van der Waals surface area contributed by atoms with Crippen molar-refractivity contribution in [3.8, 4) is 0 Å². The van der Waals surface area contributed by atoms with E-state index >= 15 is 0 Å². The van der Waals surface area contributed by atoms with Gasteiger partial charge in [0.25, 0.3) is 5.91 Å². The van der Waals surface area contributed by atoms with E-state index in [0.29, 0.717) is 0 Å². The van der Waals surface area contributed by atoms with Crippen molar-refractivity contribution in [2.24, 2.45) is 0 Å². The number of nitrogens with one attached hydrogen (secondary N) is 1. The third-order valence-corrected chi connectivity index (χ3v) is 2.89. The topological polar surface area (TPSA) is 55.1 Å². The normalized spacial score (nSPS) is 10.6. The van der Waals surface area contributed by atoms with E-state index in [4.69, 9.17) is 4.42 Å². The van der Waals surface area contributed by atoms with Gasteiger partial charge in [-0.15, -0.1) is 0 Å². The first-order chi connectivity index (χ1) is 9.24. The molecule has 0 aliphatic carbocycles. The molecule has 0 atom stereocenters. The Hall–Kier alpha value is -2.62. The van der Waals surface area contributed by atoms with Crippen LogP contribution in [0.1, 0.15) is 16.1 Å². The highest BCUT2D eigenvalue weighted by atomic mass is 16.3. The van der Waals surface area contributed by atoms with Crippen LogP contribution in [-0.2, 0) is 0 Å². The summed E-state index contributed by atoms with van der Waals surface area (Å²) in [6.45, 7) is 2.00. The smallest absolute Gasteiger partial charge is 0.291 e. The van der Waals surface area contributed by atoms with Gasteiger partial charge in [0.1, 0.15) is 0 Å². The molecule has 0 unspecified atom stereocenters. The average molecular weight is 252 g/mol. The molecule has 2 heterocycles. The summed E-state index contributed by atoms with van der Waals surface area (Å²) in [5.41, 5.74) is 2.70. The molecule has 4 nitrogen and oxygen atoms in total. The predicted octanol–water partition coefficient (Wildman–Crippen LogP) is 3.39. The summed E-state index contributed by atoms with van der Waals surface area (Å²) in [5.74, 6) is 0.0246. The van der Waals surface area contributed by atoms with Crippen molar-refractivity contribution in [3.63, 3.8) is 0 Å². The summed E-state index contributed by atoms with van der Waals surface area (Å²) < 4.78 is 5.08. The van der Waals surface area contributed by atoms with Gasteiger partial charge in [-0.1, -0.05) is 11.6 Å². The summed E-state index contributed by atoms with van der Waals surface area (Å²) in [6, 6.07) is 11.0. The first-order valence-corrected chi connectivity index (χ1v) is 5.94. The zero-order chi connectivity index (χ0) is 13.2. The average Bonchev–Trinajstić information content (AvgIpc) is 2.93. The van der Waals surface area contributed by atoms with Crippen molar-refractivity contribution >= 4 is 22.5 Å². The molecule has 1 amide bonds. The number of hydrogen-bond acceptors (Lipinski definition) is 3. The SMILES string of the molecule is Cc1ccc2nccc(NC(=O)c3ccco3)c2c1. The Morgan fingerprint density at radius 1 is 1.26 bits per heavy atom. The Bertz CT molecular complexity index is 733. The number of aromatic nitrogens is 1. The minimum atomic E-state index is -0.265. The van der Waals surface area contributed by atoms with Crippen molar-refractivity contribution in [2.45, 2.75) is 6.92 Å². The molecule has 0 fully saturated rings. The lowest BCUT2D eigenvalue weighted by Crippen LogP contribution is -2.11. The lowest BCUT2D eigenvalue weighted by Gasteiger charge is -2.07. The first kappa shape index (κ1) is 11.5. The minimum absolute atomic E-state index is 0.265. The van der Waals surface area contributed by atoms with E-state index in [-0.39, 0.29) is 11.7 Å². The van der Waals surface area contributed by atoms with E-state index in [1.807, 2.05) is 25.1 Å². The van der Waals surface area contributed by atoms with Crippen molar-refractivity contribution in [1.29, 1.82) is 0 Å². The Labute approximate surface area is 110 Å². The van der Waals surface area contributed by atoms with Crippen molar-refractivity contribution in [1.82, 2.24) is 4.98 Å². The van der Waals surface area contributed by atoms with Crippen LogP contribution in [0.25, 0.3) is 10.9 Å². The van der Waals surface area contributed by atoms with Crippen LogP contribution in [-0.4, -0.2) is 10.9 Å². The predicted molar refractivity (Wildman–Crippen MR) is 73.1 cm³/mol. The van der Waals surface area contributed by atoms with Gasteiger partial charge in [0.15, 0.2) is 5.76 Å². The zero-order valence-corrected chi connectivity index (χ0v) is 10.4. The van der Waals surface area contributed by atoms with Crippen LogP contribution < -0.4 is 5.32 Å². The molecular formula is C15H12N2O2. The van der Waals surface area contributed by atoms with Gasteiger partial charge >= 0.3 is 0 Å². The summed E-state index contributed by atoms with van der Waals surface area (Å²) in [6.07, 6.45) is 3.15. The van der Waals surface area contributed by atoms with Crippen molar-refractivity contribution in [3.05, 3.63) is 60.2 Å². The Kier molecular flexibility index (Phi) is 2.76. The number of nitrogens with zero attached hydrogens (tertiary/aromatic N) is 1. The molecule has 19 heavy (non-hydrogen) atoms. The molecule has 2 aromatic heterocycles. The number of carbonyl (C=O) groups is 1. The van der Waals surface area contributed by atoms with Gasteiger partial charge in [-0.25, -0.2) is 0 Å². The molecule has 0 saturated heterocycles. The Morgan fingerprint density at radius 2 is 2.16 bits per heavy atom. The number of anilines is 1. The second-order valence-electron chi connectivity index (χ2n) is 4.31. The monoisotopic (exact) mass is 252 g/mol. The molecule has 0 radical (unpaired) electrons. The van der Waals surface area contributed by atoms with Crippen LogP contribution in [0.5, 0.6) is 0 Å². The van der Waals surface area contributed by atoms with Crippen LogP contribution in [0.3, 0.4) is 0 Å². The molecule has 0 aliphatic heterocycles. The molecular weight excluding hydrogens is 240 g/mol. The van der Waals surface area contributed by atoms with Gasteiger partial charge in [0, 0.05) is 11.6 Å². The summed E-state index contributed by atoms with van der Waals surface area (Å²) >= 11 is 0. The van der Waals surface area contributed by atoms with Gasteiger partial charge < -0.3 is 9.73 Å². The van der Waals surface area contributed by atoms with Gasteiger partial charge in [-0.3, -0.25) is 9.78 Å². The number of amides is 1. The van der Waals surface area contributed by atoms with E-state index in [1.165, 1.54) is 6.26 Å². The van der Waals surface area contributed by atoms with E-state index in [9.17, 15) is 4.79 Å². The number of furan rings is 1. The third kappa shape index (κ3) is 2.20. The summed E-state index contributed by atoms with van der Waals surface area (Å²) in [4.78, 5) is 16.3. The number of pyridine rings is 1. The van der Waals surface area contributed by atoms with E-state index in [2.05, 4.69) is 10.3 Å². The number of fused-ring (bicyclic) bond motifs is 1. The van der Waals surface area contributed by atoms with Crippen LogP contribution in [0.15, 0.2) is 53.3 Å². The van der Waals surface area contributed by atoms with Crippen LogP contribution in [0.4, 0.5) is 5.69 Å². The maximum atomic E-state index is 12.0. The summed E-state index contributed by atoms with van der Waals surface area (Å²) in [7, 11) is 0. The molecule has 1 N–H and O–H groups in total. The number of benzene rings is 1. The Balaban J connectivity index is 2.01. The maximum Gasteiger partial charge on any atom is 0.291 e. The molecule has 0 bridgehead atoms. The minimum Gasteiger partial charge on any atom is -0.459 e. The maximum absolute atomic E-state index is 12.0. The molecule has 3 rings (SSSR count). The van der Waals surface area contributed by atoms with Crippen LogP contribution in [0.2, 0.25) is 0 Å². The van der Waals surface area contributed by atoms with E-state index < -0.39 is 0 Å². The zero-order valence-electron chi connectivity index (χ0n) is 10.4. The van der Waals surface area contributed by atoms with E-state index in [0.717, 1.165) is 22.2 Å². The first-order valence-electron chi connectivity index (χ1n) is 5.94. The molecule has 4 heteroatoms. The highest BCUT2D eigenvalue weighted by Crippen LogP contribution is 2.23. The van der Waals surface area contributed by atoms with Crippen LogP contribution in [0, 0.1) is 6.92 Å². The standard InChI is InChI=1S/C15H12N2O2/c1-10-4-5-12-11(9-10)13(6-7-16-12)17-15(18)14-3-2-8-19-14/h2-9H,1H3,(H,16,17,18). The molecule has 3 aromatic rings. The number of carbonyl (C=O) groups excluding carboxylic acids is 1. The van der Waals surface area contributed by atoms with E-state index in [1.54, 1.807) is 24.4 Å². The highest BCUT2D eigenvalue weighted by molar-refractivity contribution is 6.07. The fourth-order valence-corrected chi connectivity index (χ4v) is 1.96. The quantitative estimate of drug-likeness (QED) is 0.760. The fraction of sp³-hybridized carbons (Fsp3) is 0.0667. The summed E-state index contributed by atoms with van der Waals surface area (Å²) in [5, 5.41) is 3.76. The second kappa shape index (κ2) is 4.57. The third-order valence-electron chi connectivity index (χ3n) is 2.89. The molecule has 0 aliphatic rings. The largest absolute Gasteiger partial charge is 0.459 e. The highest BCUT2D eigenvalue weighted by Gasteiger charge is 2.10. The van der Waals surface area contributed by atoms with Crippen molar-refractivity contribution < 1.29 is 9.21 Å². The number of hydrogen-bond donors (Lipinski definition) is 1. The lowest BCUT2D eigenvalue weighted by atomic mass is 10.1. The number of aryl methyl sites for hydroxylation is 1. The van der Waals surface area contributed by atoms with Gasteiger partial charge in [0.05, 0.1) is 17.5 Å². The Morgan fingerprint density at radius 3 is 2.95 bits per heavy atom. The van der Waals surface area contributed by atoms with Gasteiger partial charge in [-0.2, -0.15) is 0 Å². The number of rotatable bonds is 2. The lowest BCUT2D eigenvalue weighted by molar-refractivity contribution is 0.0997. The molecule has 0 spiro atoms. The van der Waals surface area contributed by atoms with Crippen molar-refractivity contribution in [2.75, 3.05) is 5.32 Å². The second-order valence-corrected chi connectivity index (χ2v) is 4.31. The molecule has 1 aromatic carbocycles. The van der Waals surface area contributed by atoms with Gasteiger partial charge in [-0.05, 0) is 37.3 Å². The van der Waals surface area contributed by atoms with Gasteiger partial charge in [0.2, 0.25) is 0 Å².